The molecule has 4 heteroatoms. The quantitative estimate of drug-likeness (QED) is 0.764. The van der Waals surface area contributed by atoms with E-state index >= 15 is 0 Å². The first-order valence-electron chi connectivity index (χ1n) is 5.98. The molecule has 0 heterocycles. The summed E-state index contributed by atoms with van der Waals surface area (Å²) in [6, 6.07) is 3.98. The van der Waals surface area contributed by atoms with Gasteiger partial charge in [0.15, 0.2) is 18.3 Å². The maximum absolute atomic E-state index is 5.68. The second-order valence-electron chi connectivity index (χ2n) is 5.01. The van der Waals surface area contributed by atoms with Crippen LogP contribution in [0.15, 0.2) is 16.6 Å². The van der Waals surface area contributed by atoms with E-state index in [9.17, 15) is 0 Å². The van der Waals surface area contributed by atoms with Gasteiger partial charge in [0, 0.05) is 17.1 Å². The van der Waals surface area contributed by atoms with Gasteiger partial charge in [0.2, 0.25) is 0 Å². The van der Waals surface area contributed by atoms with E-state index in [1.165, 1.54) is 0 Å². The van der Waals surface area contributed by atoms with Crippen molar-refractivity contribution in [1.29, 1.82) is 0 Å². The van der Waals surface area contributed by atoms with Crippen molar-refractivity contribution in [3.8, 4) is 11.5 Å². The normalized spacial score (nSPS) is 11.4. The summed E-state index contributed by atoms with van der Waals surface area (Å²) in [6.07, 6.45) is 0. The predicted molar refractivity (Wildman–Crippen MR) is 76.5 cm³/mol. The van der Waals surface area contributed by atoms with E-state index in [0.717, 1.165) is 21.5 Å². The monoisotopic (exact) mass is 316 g/mol. The molecule has 0 radical (unpaired) electrons. The minimum atomic E-state index is -0.0291. The Morgan fingerprint density at radius 3 is 2.33 bits per heavy atom. The third-order valence-corrected chi connectivity index (χ3v) is 2.91. The molecule has 0 aliphatic heterocycles. The number of ether oxygens (including phenoxy) is 3. The molecule has 0 aliphatic carbocycles. The maximum atomic E-state index is 5.68. The molecule has 1 rings (SSSR count). The summed E-state index contributed by atoms with van der Waals surface area (Å²) in [6.45, 7) is 9.20. The lowest BCUT2D eigenvalue weighted by Crippen LogP contribution is -2.15. The van der Waals surface area contributed by atoms with Gasteiger partial charge in [-0.2, -0.15) is 0 Å². The fourth-order valence-electron chi connectivity index (χ4n) is 1.66. The van der Waals surface area contributed by atoms with Crippen LogP contribution in [0.25, 0.3) is 0 Å². The summed E-state index contributed by atoms with van der Waals surface area (Å²) in [7, 11) is 1.61. The van der Waals surface area contributed by atoms with Gasteiger partial charge in [0.25, 0.3) is 0 Å². The van der Waals surface area contributed by atoms with Crippen LogP contribution in [0.5, 0.6) is 11.5 Å². The molecule has 0 atom stereocenters. The van der Waals surface area contributed by atoms with Gasteiger partial charge in [-0.25, -0.2) is 0 Å². The lowest BCUT2D eigenvalue weighted by Gasteiger charge is -2.25. The molecule has 0 spiro atoms. The van der Waals surface area contributed by atoms with Crippen LogP contribution in [-0.4, -0.2) is 20.5 Å². The molecule has 18 heavy (non-hydrogen) atoms. The first-order valence-corrected chi connectivity index (χ1v) is 6.78. The summed E-state index contributed by atoms with van der Waals surface area (Å²) < 4.78 is 17.3. The number of methoxy groups -OCH3 is 1. The lowest BCUT2D eigenvalue weighted by atomic mass is 9.86. The molecule has 0 unspecified atom stereocenters. The zero-order valence-electron chi connectivity index (χ0n) is 11.7. The van der Waals surface area contributed by atoms with Gasteiger partial charge in [-0.15, -0.1) is 0 Å². The number of hydrogen-bond donors (Lipinski definition) is 0. The summed E-state index contributed by atoms with van der Waals surface area (Å²) in [4.78, 5) is 0. The molecule has 1 aromatic rings. The van der Waals surface area contributed by atoms with E-state index in [0.29, 0.717) is 6.61 Å². The number of benzene rings is 1. The zero-order valence-corrected chi connectivity index (χ0v) is 13.3. The van der Waals surface area contributed by atoms with Crippen LogP contribution in [0, 0.1) is 0 Å². The standard InChI is InChI=1S/C14H21BrO3/c1-6-17-12-8-10(15)7-11(14(2,3)4)13(12)18-9-16-5/h7-8H,6,9H2,1-5H3. The molecule has 0 fully saturated rings. The van der Waals surface area contributed by atoms with Crippen molar-refractivity contribution in [2.45, 2.75) is 33.1 Å². The van der Waals surface area contributed by atoms with Crippen LogP contribution in [0.4, 0.5) is 0 Å². The smallest absolute Gasteiger partial charge is 0.188 e. The molecule has 1 aromatic carbocycles. The molecule has 0 amide bonds. The Hall–Kier alpha value is -0.740. The fraction of sp³-hybridized carbons (Fsp3) is 0.571. The van der Waals surface area contributed by atoms with E-state index in [1.807, 2.05) is 13.0 Å². The van der Waals surface area contributed by atoms with Gasteiger partial charge in [-0.05, 0) is 24.5 Å². The third kappa shape index (κ3) is 3.89. The van der Waals surface area contributed by atoms with Crippen LogP contribution in [0.3, 0.4) is 0 Å². The van der Waals surface area contributed by atoms with Crippen molar-refractivity contribution in [2.75, 3.05) is 20.5 Å². The van der Waals surface area contributed by atoms with Gasteiger partial charge in [-0.3, -0.25) is 0 Å². The Bertz CT molecular complexity index is 397. The molecule has 0 aromatic heterocycles. The van der Waals surface area contributed by atoms with Crippen molar-refractivity contribution in [3.63, 3.8) is 0 Å². The van der Waals surface area contributed by atoms with Gasteiger partial charge in [0.1, 0.15) is 0 Å². The highest BCUT2D eigenvalue weighted by Crippen LogP contribution is 2.41. The highest BCUT2D eigenvalue weighted by Gasteiger charge is 2.23. The average Bonchev–Trinajstić information content (AvgIpc) is 2.26. The highest BCUT2D eigenvalue weighted by atomic mass is 79.9. The maximum Gasteiger partial charge on any atom is 0.188 e. The Morgan fingerprint density at radius 2 is 1.83 bits per heavy atom. The van der Waals surface area contributed by atoms with E-state index < -0.39 is 0 Å². The van der Waals surface area contributed by atoms with Crippen molar-refractivity contribution in [2.24, 2.45) is 0 Å². The van der Waals surface area contributed by atoms with E-state index in [-0.39, 0.29) is 12.2 Å². The van der Waals surface area contributed by atoms with E-state index in [1.54, 1.807) is 7.11 Å². The molecule has 0 bridgehead atoms. The topological polar surface area (TPSA) is 27.7 Å². The minimum absolute atomic E-state index is 0.0291. The molecule has 0 saturated heterocycles. The van der Waals surface area contributed by atoms with Crippen LogP contribution >= 0.6 is 15.9 Å². The van der Waals surface area contributed by atoms with Gasteiger partial charge in [-0.1, -0.05) is 36.7 Å². The summed E-state index contributed by atoms with van der Waals surface area (Å²) >= 11 is 3.51. The first-order chi connectivity index (χ1) is 8.40. The summed E-state index contributed by atoms with van der Waals surface area (Å²) in [5, 5.41) is 0. The van der Waals surface area contributed by atoms with Crippen molar-refractivity contribution < 1.29 is 14.2 Å². The number of halogens is 1. The zero-order chi connectivity index (χ0) is 13.8. The van der Waals surface area contributed by atoms with Crippen molar-refractivity contribution >= 4 is 15.9 Å². The Kier molecular flexibility index (Phi) is 5.47. The average molecular weight is 317 g/mol. The summed E-state index contributed by atoms with van der Waals surface area (Å²) in [5.74, 6) is 1.50. The molecule has 0 N–H and O–H groups in total. The largest absolute Gasteiger partial charge is 0.490 e. The molecule has 0 aliphatic rings. The van der Waals surface area contributed by atoms with Crippen LogP contribution in [0.1, 0.15) is 33.3 Å². The number of rotatable bonds is 5. The molecule has 102 valence electrons. The fourth-order valence-corrected chi connectivity index (χ4v) is 2.09. The summed E-state index contributed by atoms with van der Waals surface area (Å²) in [5.41, 5.74) is 1.07. The highest BCUT2D eigenvalue weighted by molar-refractivity contribution is 9.10. The van der Waals surface area contributed by atoms with Crippen LogP contribution in [-0.2, 0) is 10.2 Å². The van der Waals surface area contributed by atoms with E-state index in [2.05, 4.69) is 42.8 Å². The molecular weight excluding hydrogens is 296 g/mol. The Morgan fingerprint density at radius 1 is 1.17 bits per heavy atom. The van der Waals surface area contributed by atoms with Crippen LogP contribution < -0.4 is 9.47 Å². The van der Waals surface area contributed by atoms with Crippen molar-refractivity contribution in [3.05, 3.63) is 22.2 Å². The minimum Gasteiger partial charge on any atom is -0.490 e. The second kappa shape index (κ2) is 6.43. The Balaban J connectivity index is 3.28. The van der Waals surface area contributed by atoms with Gasteiger partial charge in [0.05, 0.1) is 6.61 Å². The van der Waals surface area contributed by atoms with Crippen LogP contribution in [0.2, 0.25) is 0 Å². The second-order valence-corrected chi connectivity index (χ2v) is 5.93. The van der Waals surface area contributed by atoms with Crippen molar-refractivity contribution in [1.82, 2.24) is 0 Å². The lowest BCUT2D eigenvalue weighted by molar-refractivity contribution is 0.0473. The Labute approximate surface area is 118 Å². The first kappa shape index (κ1) is 15.3. The number of hydrogen-bond acceptors (Lipinski definition) is 3. The molecular formula is C14H21BrO3. The predicted octanol–water partition coefficient (Wildman–Crippen LogP) is 4.13. The SMILES string of the molecule is CCOc1cc(Br)cc(C(C)(C)C)c1OCOC. The van der Waals surface area contributed by atoms with E-state index in [4.69, 9.17) is 14.2 Å². The third-order valence-electron chi connectivity index (χ3n) is 2.45. The molecule has 0 saturated carbocycles. The van der Waals surface area contributed by atoms with Gasteiger partial charge >= 0.3 is 0 Å². The molecule has 3 nitrogen and oxygen atoms in total. The van der Waals surface area contributed by atoms with Gasteiger partial charge < -0.3 is 14.2 Å².